The van der Waals surface area contributed by atoms with Crippen LogP contribution in [0.1, 0.15) is 51.4 Å². The van der Waals surface area contributed by atoms with Crippen molar-refractivity contribution >= 4 is 5.91 Å². The molecule has 0 atom stereocenters. The Morgan fingerprint density at radius 3 is 2.60 bits per heavy atom. The number of carbonyl (C=O) groups excluding carboxylic acids is 1. The second kappa shape index (κ2) is 7.69. The van der Waals surface area contributed by atoms with Gasteiger partial charge in [0.25, 0.3) is 0 Å². The third-order valence-electron chi connectivity index (χ3n) is 3.11. The van der Waals surface area contributed by atoms with Crippen LogP contribution in [0.15, 0.2) is 0 Å². The molecule has 0 radical (unpaired) electrons. The summed E-state index contributed by atoms with van der Waals surface area (Å²) in [6, 6.07) is 0. The highest BCUT2D eigenvalue weighted by Gasteiger charge is 2.16. The van der Waals surface area contributed by atoms with Gasteiger partial charge in [-0.1, -0.05) is 19.3 Å². The van der Waals surface area contributed by atoms with Gasteiger partial charge in [0.1, 0.15) is 0 Å². The van der Waals surface area contributed by atoms with E-state index in [0.29, 0.717) is 18.9 Å². The van der Waals surface area contributed by atoms with Gasteiger partial charge in [0.15, 0.2) is 0 Å². The fourth-order valence-corrected chi connectivity index (χ4v) is 2.19. The molecule has 15 heavy (non-hydrogen) atoms. The van der Waals surface area contributed by atoms with Gasteiger partial charge in [0, 0.05) is 19.6 Å². The van der Waals surface area contributed by atoms with Gasteiger partial charge in [-0.2, -0.15) is 0 Å². The summed E-state index contributed by atoms with van der Waals surface area (Å²) in [6.07, 6.45) is 8.75. The van der Waals surface area contributed by atoms with Crippen molar-refractivity contribution in [3.8, 4) is 0 Å². The first-order chi connectivity index (χ1) is 7.33. The van der Waals surface area contributed by atoms with Crippen LogP contribution in [0, 0.1) is 5.92 Å². The molecule has 1 amide bonds. The van der Waals surface area contributed by atoms with Gasteiger partial charge < -0.3 is 10.4 Å². The summed E-state index contributed by atoms with van der Waals surface area (Å²) >= 11 is 0. The Kier molecular flexibility index (Phi) is 6.41. The van der Waals surface area contributed by atoms with E-state index in [9.17, 15) is 4.79 Å². The normalized spacial score (nSPS) is 17.7. The molecule has 0 heterocycles. The molecule has 0 aromatic rings. The molecule has 0 bridgehead atoms. The summed E-state index contributed by atoms with van der Waals surface area (Å²) in [5.41, 5.74) is 0. The lowest BCUT2D eigenvalue weighted by Crippen LogP contribution is -2.27. The smallest absolute Gasteiger partial charge is 0.220 e. The van der Waals surface area contributed by atoms with E-state index in [0.717, 1.165) is 12.8 Å². The fraction of sp³-hybridized carbons (Fsp3) is 0.917. The fourth-order valence-electron chi connectivity index (χ4n) is 2.19. The lowest BCUT2D eigenvalue weighted by atomic mass is 9.87. The maximum atomic E-state index is 11.5. The SMILES string of the molecule is O=C(CC1CCCCC1)NCCCCO. The summed E-state index contributed by atoms with van der Waals surface area (Å²) in [7, 11) is 0. The number of aliphatic hydroxyl groups is 1. The van der Waals surface area contributed by atoms with E-state index in [-0.39, 0.29) is 12.5 Å². The topological polar surface area (TPSA) is 49.3 Å². The first-order valence-corrected chi connectivity index (χ1v) is 6.20. The average Bonchev–Trinajstić information content (AvgIpc) is 2.26. The standard InChI is InChI=1S/C12H23NO2/c14-9-5-4-8-13-12(15)10-11-6-2-1-3-7-11/h11,14H,1-10H2,(H,13,15). The molecule has 1 aliphatic rings. The highest BCUT2D eigenvalue weighted by Crippen LogP contribution is 2.25. The van der Waals surface area contributed by atoms with Crippen molar-refractivity contribution in [2.45, 2.75) is 51.4 Å². The van der Waals surface area contributed by atoms with Crippen LogP contribution in [0.2, 0.25) is 0 Å². The van der Waals surface area contributed by atoms with Crippen molar-refractivity contribution in [3.05, 3.63) is 0 Å². The second-order valence-electron chi connectivity index (χ2n) is 4.49. The van der Waals surface area contributed by atoms with Gasteiger partial charge in [-0.05, 0) is 31.6 Å². The highest BCUT2D eigenvalue weighted by atomic mass is 16.2. The molecule has 3 heteroatoms. The first kappa shape index (κ1) is 12.5. The number of nitrogens with one attached hydrogen (secondary N) is 1. The van der Waals surface area contributed by atoms with E-state index in [2.05, 4.69) is 5.32 Å². The van der Waals surface area contributed by atoms with E-state index in [4.69, 9.17) is 5.11 Å². The number of amides is 1. The van der Waals surface area contributed by atoms with Crippen LogP contribution < -0.4 is 5.32 Å². The molecular weight excluding hydrogens is 190 g/mol. The molecule has 1 fully saturated rings. The Balaban J connectivity index is 2.01. The minimum atomic E-state index is 0.194. The van der Waals surface area contributed by atoms with Gasteiger partial charge in [0.2, 0.25) is 5.91 Å². The molecule has 0 spiro atoms. The molecular formula is C12H23NO2. The Bertz CT molecular complexity index is 176. The lowest BCUT2D eigenvalue weighted by molar-refractivity contribution is -0.122. The Morgan fingerprint density at radius 2 is 1.93 bits per heavy atom. The zero-order valence-electron chi connectivity index (χ0n) is 9.50. The van der Waals surface area contributed by atoms with E-state index < -0.39 is 0 Å². The quantitative estimate of drug-likeness (QED) is 0.661. The zero-order chi connectivity index (χ0) is 10.9. The molecule has 0 aromatic carbocycles. The van der Waals surface area contributed by atoms with E-state index in [1.165, 1.54) is 32.1 Å². The maximum absolute atomic E-state index is 11.5. The Morgan fingerprint density at radius 1 is 1.20 bits per heavy atom. The molecule has 0 aliphatic heterocycles. The van der Waals surface area contributed by atoms with Gasteiger partial charge in [-0.3, -0.25) is 4.79 Å². The van der Waals surface area contributed by atoms with Crippen molar-refractivity contribution in [3.63, 3.8) is 0 Å². The minimum Gasteiger partial charge on any atom is -0.396 e. The maximum Gasteiger partial charge on any atom is 0.220 e. The molecule has 0 saturated heterocycles. The van der Waals surface area contributed by atoms with Crippen LogP contribution in [0.25, 0.3) is 0 Å². The number of carbonyl (C=O) groups is 1. The van der Waals surface area contributed by atoms with Crippen molar-refractivity contribution < 1.29 is 9.90 Å². The number of aliphatic hydroxyl groups excluding tert-OH is 1. The Hall–Kier alpha value is -0.570. The van der Waals surface area contributed by atoms with Crippen molar-refractivity contribution in [1.82, 2.24) is 5.32 Å². The largest absolute Gasteiger partial charge is 0.396 e. The van der Waals surface area contributed by atoms with Gasteiger partial charge >= 0.3 is 0 Å². The Labute approximate surface area is 92.3 Å². The first-order valence-electron chi connectivity index (χ1n) is 6.20. The lowest BCUT2D eigenvalue weighted by Gasteiger charge is -2.20. The van der Waals surface area contributed by atoms with Crippen molar-refractivity contribution in [1.29, 1.82) is 0 Å². The summed E-state index contributed by atoms with van der Waals surface area (Å²) in [4.78, 5) is 11.5. The summed E-state index contributed by atoms with van der Waals surface area (Å²) < 4.78 is 0. The third-order valence-corrected chi connectivity index (χ3v) is 3.11. The molecule has 1 rings (SSSR count). The highest BCUT2D eigenvalue weighted by molar-refractivity contribution is 5.76. The van der Waals surface area contributed by atoms with Crippen LogP contribution in [0.5, 0.6) is 0 Å². The molecule has 0 aromatic heterocycles. The van der Waals surface area contributed by atoms with E-state index >= 15 is 0 Å². The van der Waals surface area contributed by atoms with Crippen LogP contribution in [-0.4, -0.2) is 24.2 Å². The molecule has 88 valence electrons. The number of hydrogen-bond acceptors (Lipinski definition) is 2. The molecule has 1 saturated carbocycles. The van der Waals surface area contributed by atoms with Gasteiger partial charge in [-0.25, -0.2) is 0 Å². The number of hydrogen-bond donors (Lipinski definition) is 2. The monoisotopic (exact) mass is 213 g/mol. The van der Waals surface area contributed by atoms with Crippen LogP contribution in [0.4, 0.5) is 0 Å². The molecule has 0 unspecified atom stereocenters. The summed E-state index contributed by atoms with van der Waals surface area (Å²) in [5, 5.41) is 11.5. The van der Waals surface area contributed by atoms with Crippen LogP contribution in [-0.2, 0) is 4.79 Å². The molecule has 3 nitrogen and oxygen atoms in total. The predicted molar refractivity (Wildman–Crippen MR) is 60.5 cm³/mol. The molecule has 2 N–H and O–H groups in total. The van der Waals surface area contributed by atoms with E-state index in [1.54, 1.807) is 0 Å². The number of unbranched alkanes of at least 4 members (excludes halogenated alkanes) is 1. The van der Waals surface area contributed by atoms with Gasteiger partial charge in [-0.15, -0.1) is 0 Å². The van der Waals surface area contributed by atoms with Crippen molar-refractivity contribution in [2.24, 2.45) is 5.92 Å². The van der Waals surface area contributed by atoms with Crippen LogP contribution in [0.3, 0.4) is 0 Å². The third kappa shape index (κ3) is 5.78. The summed E-state index contributed by atoms with van der Waals surface area (Å²) in [5.74, 6) is 0.816. The minimum absolute atomic E-state index is 0.194. The number of rotatable bonds is 6. The average molecular weight is 213 g/mol. The second-order valence-corrected chi connectivity index (χ2v) is 4.49. The zero-order valence-corrected chi connectivity index (χ0v) is 9.50. The van der Waals surface area contributed by atoms with Gasteiger partial charge in [0.05, 0.1) is 0 Å². The summed E-state index contributed by atoms with van der Waals surface area (Å²) in [6.45, 7) is 0.935. The van der Waals surface area contributed by atoms with Crippen LogP contribution >= 0.6 is 0 Å². The predicted octanol–water partition coefficient (Wildman–Crippen LogP) is 1.85. The molecule has 1 aliphatic carbocycles. The van der Waals surface area contributed by atoms with Crippen molar-refractivity contribution in [2.75, 3.05) is 13.2 Å². The van der Waals surface area contributed by atoms with E-state index in [1.807, 2.05) is 0 Å².